The number of nitrogens with zero attached hydrogens (tertiary/aromatic N) is 6. The van der Waals surface area contributed by atoms with E-state index in [-0.39, 0.29) is 17.2 Å². The van der Waals surface area contributed by atoms with Gasteiger partial charge in [-0.25, -0.2) is 9.67 Å². The Balaban J connectivity index is 1.57. The monoisotopic (exact) mass is 457 g/mol. The van der Waals surface area contributed by atoms with Crippen LogP contribution in [0.15, 0.2) is 46.1 Å². The van der Waals surface area contributed by atoms with Crippen molar-refractivity contribution in [3.8, 4) is 11.8 Å². The highest BCUT2D eigenvalue weighted by Crippen LogP contribution is 2.23. The van der Waals surface area contributed by atoms with Crippen molar-refractivity contribution in [2.24, 2.45) is 12.8 Å². The summed E-state index contributed by atoms with van der Waals surface area (Å²) in [5.74, 6) is 6.72. The molecule has 0 amide bonds. The molecule has 5 rings (SSSR count). The van der Waals surface area contributed by atoms with Crippen molar-refractivity contribution in [1.29, 1.82) is 0 Å². The largest absolute Gasteiger partial charge is 0.341 e. The van der Waals surface area contributed by atoms with E-state index in [0.717, 1.165) is 41.8 Å². The maximum absolute atomic E-state index is 13.5. The smallest absolute Gasteiger partial charge is 0.293 e. The average molecular weight is 458 g/mol. The van der Waals surface area contributed by atoms with Crippen LogP contribution in [-0.2, 0) is 20.1 Å². The molecule has 0 spiro atoms. The predicted octanol–water partition coefficient (Wildman–Crippen LogP) is 1.44. The van der Waals surface area contributed by atoms with Crippen molar-refractivity contribution in [3.63, 3.8) is 0 Å². The third-order valence-corrected chi connectivity index (χ3v) is 6.41. The Labute approximate surface area is 196 Å². The number of rotatable bonds is 4. The lowest BCUT2D eigenvalue weighted by atomic mass is 10.1. The predicted molar refractivity (Wildman–Crippen MR) is 133 cm³/mol. The summed E-state index contributed by atoms with van der Waals surface area (Å²) in [7, 11) is 1.75. The van der Waals surface area contributed by atoms with E-state index in [2.05, 4.69) is 21.8 Å². The highest BCUT2D eigenvalue weighted by molar-refractivity contribution is 5.80. The zero-order chi connectivity index (χ0) is 23.8. The molecule has 0 aliphatic carbocycles. The summed E-state index contributed by atoms with van der Waals surface area (Å²) < 4.78 is 4.95. The third-order valence-electron chi connectivity index (χ3n) is 6.41. The standard InChI is InChI=1S/C25H27N7O2/c1-3-4-12-31-23-20(28-25(31)30-11-5-6-19(26)16-30)14-27-32(24(23)34)15-17-7-9-21-18(13-17)8-10-22(33)29(21)2/h7-10,13-14,19H,5-6,11-12,15-16,26H2,1-2H3/t19-/m1/s1. The van der Waals surface area contributed by atoms with Gasteiger partial charge in [0, 0.05) is 32.2 Å². The van der Waals surface area contributed by atoms with Gasteiger partial charge in [-0.15, -0.1) is 5.92 Å². The number of hydrogen-bond acceptors (Lipinski definition) is 6. The molecule has 4 aromatic rings. The van der Waals surface area contributed by atoms with Crippen molar-refractivity contribution in [2.45, 2.75) is 38.9 Å². The fourth-order valence-corrected chi connectivity index (χ4v) is 4.63. The van der Waals surface area contributed by atoms with E-state index in [9.17, 15) is 9.59 Å². The van der Waals surface area contributed by atoms with Gasteiger partial charge in [0.15, 0.2) is 0 Å². The van der Waals surface area contributed by atoms with Gasteiger partial charge in [0.05, 0.1) is 24.8 Å². The van der Waals surface area contributed by atoms with Crippen molar-refractivity contribution < 1.29 is 0 Å². The number of nitrogens with two attached hydrogens (primary N) is 1. The fraction of sp³-hybridized carbons (Fsp3) is 0.360. The number of aryl methyl sites for hydroxylation is 1. The minimum absolute atomic E-state index is 0.0579. The molecule has 0 bridgehead atoms. The Morgan fingerprint density at radius 2 is 2.06 bits per heavy atom. The Morgan fingerprint density at radius 1 is 1.21 bits per heavy atom. The summed E-state index contributed by atoms with van der Waals surface area (Å²) in [5, 5.41) is 5.33. The van der Waals surface area contributed by atoms with Crippen LogP contribution in [0.25, 0.3) is 21.9 Å². The summed E-state index contributed by atoms with van der Waals surface area (Å²) in [6, 6.07) is 9.22. The minimum Gasteiger partial charge on any atom is -0.341 e. The van der Waals surface area contributed by atoms with E-state index in [4.69, 9.17) is 10.7 Å². The van der Waals surface area contributed by atoms with Crippen LogP contribution in [0.4, 0.5) is 5.95 Å². The van der Waals surface area contributed by atoms with Crippen LogP contribution in [0.1, 0.15) is 25.3 Å². The minimum atomic E-state index is -0.212. The Kier molecular flexibility index (Phi) is 5.67. The molecule has 1 saturated heterocycles. The first-order chi connectivity index (χ1) is 16.5. The van der Waals surface area contributed by atoms with E-state index in [0.29, 0.717) is 30.7 Å². The van der Waals surface area contributed by atoms with Gasteiger partial charge in [-0.2, -0.15) is 5.10 Å². The van der Waals surface area contributed by atoms with Gasteiger partial charge in [0.25, 0.3) is 11.1 Å². The SMILES string of the molecule is CC#CCn1c(N2CCC[C@@H](N)C2)nc2cnn(Cc3ccc4c(ccc(=O)n4C)c3)c(=O)c21. The van der Waals surface area contributed by atoms with Crippen LogP contribution in [0.3, 0.4) is 0 Å². The summed E-state index contributed by atoms with van der Waals surface area (Å²) >= 11 is 0. The molecule has 0 unspecified atom stereocenters. The first kappa shape index (κ1) is 21.9. The number of hydrogen-bond donors (Lipinski definition) is 1. The Bertz CT molecular complexity index is 1570. The number of imidazole rings is 1. The normalized spacial score (nSPS) is 16.1. The highest BCUT2D eigenvalue weighted by atomic mass is 16.1. The van der Waals surface area contributed by atoms with E-state index in [1.165, 1.54) is 4.68 Å². The second kappa shape index (κ2) is 8.80. The first-order valence-electron chi connectivity index (χ1n) is 11.4. The van der Waals surface area contributed by atoms with Gasteiger partial charge >= 0.3 is 0 Å². The third kappa shape index (κ3) is 3.86. The van der Waals surface area contributed by atoms with E-state index < -0.39 is 0 Å². The summed E-state index contributed by atoms with van der Waals surface area (Å²) in [6.07, 6.45) is 3.62. The molecular weight excluding hydrogens is 430 g/mol. The summed E-state index contributed by atoms with van der Waals surface area (Å²) in [6.45, 7) is 4.01. The number of pyridine rings is 1. The molecule has 1 aromatic carbocycles. The molecule has 0 radical (unpaired) electrons. The summed E-state index contributed by atoms with van der Waals surface area (Å²) in [4.78, 5) is 32.3. The van der Waals surface area contributed by atoms with Crippen molar-refractivity contribution >= 4 is 27.9 Å². The molecule has 4 heterocycles. The van der Waals surface area contributed by atoms with Gasteiger partial charge < -0.3 is 15.2 Å². The van der Waals surface area contributed by atoms with Crippen LogP contribution in [0.5, 0.6) is 0 Å². The number of anilines is 1. The lowest BCUT2D eigenvalue weighted by Crippen LogP contribution is -2.44. The van der Waals surface area contributed by atoms with Crippen LogP contribution >= 0.6 is 0 Å². The maximum Gasteiger partial charge on any atom is 0.293 e. The van der Waals surface area contributed by atoms with E-state index >= 15 is 0 Å². The van der Waals surface area contributed by atoms with Crippen LogP contribution in [0, 0.1) is 11.8 Å². The number of piperidine rings is 1. The number of aromatic nitrogens is 5. The molecule has 3 aromatic heterocycles. The molecule has 1 fully saturated rings. The van der Waals surface area contributed by atoms with Gasteiger partial charge in [-0.05, 0) is 48.9 Å². The molecule has 9 heteroatoms. The molecule has 34 heavy (non-hydrogen) atoms. The quantitative estimate of drug-likeness (QED) is 0.465. The summed E-state index contributed by atoms with van der Waals surface area (Å²) in [5.41, 5.74) is 8.74. The Morgan fingerprint density at radius 3 is 2.85 bits per heavy atom. The zero-order valence-electron chi connectivity index (χ0n) is 19.4. The average Bonchev–Trinajstić information content (AvgIpc) is 3.21. The highest BCUT2D eigenvalue weighted by Gasteiger charge is 2.24. The number of benzene rings is 1. The second-order valence-electron chi connectivity index (χ2n) is 8.74. The lowest BCUT2D eigenvalue weighted by molar-refractivity contribution is 0.496. The lowest BCUT2D eigenvalue weighted by Gasteiger charge is -2.31. The number of fused-ring (bicyclic) bond motifs is 2. The van der Waals surface area contributed by atoms with Gasteiger partial charge in [0.1, 0.15) is 11.0 Å². The van der Waals surface area contributed by atoms with Crippen LogP contribution in [0.2, 0.25) is 0 Å². The molecule has 1 aliphatic heterocycles. The zero-order valence-corrected chi connectivity index (χ0v) is 19.4. The van der Waals surface area contributed by atoms with E-state index in [1.807, 2.05) is 22.8 Å². The molecule has 174 valence electrons. The Hall–Kier alpha value is -3.90. The fourth-order valence-electron chi connectivity index (χ4n) is 4.63. The molecule has 1 atom stereocenters. The van der Waals surface area contributed by atoms with Crippen molar-refractivity contribution in [3.05, 3.63) is 62.8 Å². The van der Waals surface area contributed by atoms with Crippen molar-refractivity contribution in [1.82, 2.24) is 23.9 Å². The molecule has 9 nitrogen and oxygen atoms in total. The molecule has 0 saturated carbocycles. The molecule has 2 N–H and O–H groups in total. The van der Waals surface area contributed by atoms with Crippen molar-refractivity contribution in [2.75, 3.05) is 18.0 Å². The second-order valence-corrected chi connectivity index (χ2v) is 8.74. The van der Waals surface area contributed by atoms with E-state index in [1.54, 1.807) is 36.9 Å². The maximum atomic E-state index is 13.5. The molecule has 1 aliphatic rings. The van der Waals surface area contributed by atoms with Gasteiger partial charge in [0.2, 0.25) is 5.95 Å². The van der Waals surface area contributed by atoms with Gasteiger partial charge in [-0.1, -0.05) is 12.0 Å². The first-order valence-corrected chi connectivity index (χ1v) is 11.4. The van der Waals surface area contributed by atoms with Gasteiger partial charge in [-0.3, -0.25) is 14.2 Å². The topological polar surface area (TPSA) is 104 Å². The van der Waals surface area contributed by atoms with Crippen LogP contribution in [-0.4, -0.2) is 43.0 Å². The van der Waals surface area contributed by atoms with Crippen LogP contribution < -0.4 is 21.8 Å². The molecular formula is C25H27N7O2.